The summed E-state index contributed by atoms with van der Waals surface area (Å²) >= 11 is 0. The molecule has 0 spiro atoms. The number of fused-ring (bicyclic) bond motifs is 14. The highest BCUT2D eigenvalue weighted by Crippen LogP contribution is 2.77. The van der Waals surface area contributed by atoms with E-state index in [0.29, 0.717) is 35.3 Å². The van der Waals surface area contributed by atoms with E-state index in [9.17, 15) is 45.1 Å². The molecule has 6 saturated carbocycles. The molecule has 4 N–H and O–H groups in total. The van der Waals surface area contributed by atoms with E-state index >= 15 is 0 Å². The van der Waals surface area contributed by atoms with E-state index < -0.39 is 30.1 Å². The molecule has 0 aliphatic heterocycles. The summed E-state index contributed by atoms with van der Waals surface area (Å²) in [5, 5.41) is 20.6. The molecule has 0 unspecified atom stereocenters. The number of sulfone groups is 1. The second-order valence-corrected chi connectivity index (χ2v) is 33.6. The molecular weight excluding hydrogens is 1010 g/mol. The fraction of sp³-hybridized carbons (Fsp3) is 0.700. The van der Waals surface area contributed by atoms with Gasteiger partial charge in [0.05, 0.1) is 18.3 Å². The van der Waals surface area contributed by atoms with Crippen LogP contribution in [0, 0.1) is 60.6 Å². The highest BCUT2D eigenvalue weighted by molar-refractivity contribution is 7.99. The molecule has 0 amide bonds. The van der Waals surface area contributed by atoms with Crippen LogP contribution in [0.15, 0.2) is 92.6 Å². The van der Waals surface area contributed by atoms with E-state index in [4.69, 9.17) is 5.73 Å². The van der Waals surface area contributed by atoms with Gasteiger partial charge in [-0.1, -0.05) is 97.8 Å². The lowest BCUT2D eigenvalue weighted by Gasteiger charge is -2.70. The zero-order chi connectivity index (χ0) is 56.1. The number of ketones is 2. The molecule has 0 bridgehead atoms. The maximum absolute atomic E-state index is 12.6. The van der Waals surface area contributed by atoms with Gasteiger partial charge in [0.1, 0.15) is 9.84 Å². The Morgan fingerprint density at radius 3 is 1.28 bits per heavy atom. The molecule has 0 aromatic heterocycles. The van der Waals surface area contributed by atoms with Crippen molar-refractivity contribution in [2.45, 2.75) is 179 Å². The molecule has 10 aliphatic carbocycles. The molecule has 0 aromatic carbocycles. The third-order valence-electron chi connectivity index (χ3n) is 22.7. The number of carbonyl (C=O) groups is 2. The van der Waals surface area contributed by atoms with Gasteiger partial charge in [-0.05, 0) is 195 Å². The molecule has 10 rings (SSSR count). The summed E-state index contributed by atoms with van der Waals surface area (Å²) in [4.78, 5) is 25.2. The molecule has 0 heterocycles. The minimum atomic E-state index is -3.87. The van der Waals surface area contributed by atoms with Crippen LogP contribution in [-0.2, 0) is 43.3 Å². The van der Waals surface area contributed by atoms with Crippen LogP contribution in [0.2, 0.25) is 0 Å². The van der Waals surface area contributed by atoms with Crippen molar-refractivity contribution in [1.29, 1.82) is 0 Å². The molecule has 12 nitrogen and oxygen atoms in total. The molecule has 12 atom stereocenters. The molecule has 6 fully saturated rings. The van der Waals surface area contributed by atoms with E-state index in [0.717, 1.165) is 98.5 Å². The van der Waals surface area contributed by atoms with Crippen molar-refractivity contribution in [2.24, 2.45) is 66.3 Å². The predicted molar refractivity (Wildman–Crippen MR) is 297 cm³/mol. The fourth-order valence-corrected chi connectivity index (χ4v) is 21.3. The van der Waals surface area contributed by atoms with Gasteiger partial charge >= 0.3 is 0 Å². The lowest BCUT2D eigenvalue weighted by Crippen LogP contribution is -2.63. The van der Waals surface area contributed by atoms with E-state index in [1.54, 1.807) is 12.2 Å². The van der Waals surface area contributed by atoms with Crippen LogP contribution in [0.3, 0.4) is 0 Å². The van der Waals surface area contributed by atoms with Gasteiger partial charge in [-0.15, -0.1) is 3.63 Å². The first-order valence-corrected chi connectivity index (χ1v) is 32.9. The summed E-state index contributed by atoms with van der Waals surface area (Å²) in [6.07, 6.45) is 30.5. The molecule has 75 heavy (non-hydrogen) atoms. The topological polar surface area (TPSA) is 212 Å². The van der Waals surface area contributed by atoms with Crippen LogP contribution >= 0.6 is 0 Å². The highest BCUT2D eigenvalue weighted by Gasteiger charge is 2.68. The second-order valence-electron chi connectivity index (χ2n) is 28.1. The average molecular weight is 1090 g/mol. The number of carbonyl (C=O) groups excluding carboxylic acids is 2. The Balaban J connectivity index is 0.000000172. The van der Waals surface area contributed by atoms with Crippen molar-refractivity contribution >= 4 is 41.6 Å². The minimum absolute atomic E-state index is 0.0312. The van der Waals surface area contributed by atoms with E-state index in [1.807, 2.05) is 13.8 Å². The minimum Gasteiger partial charge on any atom is -0.504 e. The highest BCUT2D eigenvalue weighted by atomic mass is 32.3. The molecule has 15 heteroatoms. The van der Waals surface area contributed by atoms with E-state index in [-0.39, 0.29) is 77.7 Å². The Morgan fingerprint density at radius 2 is 0.907 bits per heavy atom. The van der Waals surface area contributed by atoms with Gasteiger partial charge in [-0.25, -0.2) is 8.42 Å². The maximum atomic E-state index is 12.6. The number of nitrogens with two attached hydrogens (primary N) is 1. The van der Waals surface area contributed by atoms with Crippen molar-refractivity contribution in [3.8, 4) is 0 Å². The van der Waals surface area contributed by atoms with Crippen molar-refractivity contribution in [3.05, 3.63) is 92.6 Å². The number of allylic oxidation sites excluding steroid dienone is 14. The van der Waals surface area contributed by atoms with Crippen LogP contribution in [0.5, 0.6) is 0 Å². The molecular formula is C60H87NO11S3. The first-order valence-electron chi connectivity index (χ1n) is 27.2. The summed E-state index contributed by atoms with van der Waals surface area (Å²) < 4.78 is 68.4. The lowest BCUT2D eigenvalue weighted by molar-refractivity contribution is -0.158. The maximum Gasteiger partial charge on any atom is 0.278 e. The quantitative estimate of drug-likeness (QED) is 0.240. The monoisotopic (exact) mass is 1090 g/mol. The molecule has 416 valence electrons. The third-order valence-corrected chi connectivity index (χ3v) is 25.9. The van der Waals surface area contributed by atoms with E-state index in [2.05, 4.69) is 97.2 Å². The number of aliphatic hydroxyl groups excluding tert-OH is 2. The number of rotatable bonds is 4. The van der Waals surface area contributed by atoms with Crippen LogP contribution in [0.25, 0.3) is 0 Å². The summed E-state index contributed by atoms with van der Waals surface area (Å²) in [5.74, 6) is 0.594. The molecule has 0 saturated heterocycles. The van der Waals surface area contributed by atoms with Crippen molar-refractivity contribution in [1.82, 2.24) is 0 Å². The fourth-order valence-electron chi connectivity index (χ4n) is 18.0. The average Bonchev–Trinajstić information content (AvgIpc) is 3.27. The van der Waals surface area contributed by atoms with Gasteiger partial charge in [0, 0.05) is 33.8 Å². The first kappa shape index (κ1) is 57.8. The van der Waals surface area contributed by atoms with Gasteiger partial charge < -0.3 is 15.9 Å². The summed E-state index contributed by atoms with van der Waals surface area (Å²) in [6, 6.07) is 0. The van der Waals surface area contributed by atoms with Gasteiger partial charge in [-0.2, -0.15) is 16.8 Å². The van der Waals surface area contributed by atoms with Crippen molar-refractivity contribution in [3.63, 3.8) is 0 Å². The Bertz CT molecular complexity index is 3120. The van der Waals surface area contributed by atoms with Crippen LogP contribution in [0.4, 0.5) is 0 Å². The van der Waals surface area contributed by atoms with E-state index in [1.165, 1.54) is 36.7 Å². The summed E-state index contributed by atoms with van der Waals surface area (Å²) in [5.41, 5.74) is 15.6. The largest absolute Gasteiger partial charge is 0.504 e. The normalized spacial score (nSPS) is 43.1. The summed E-state index contributed by atoms with van der Waals surface area (Å²) in [6.45, 7) is 27.8. The van der Waals surface area contributed by atoms with Crippen LogP contribution < -0.4 is 5.73 Å². The van der Waals surface area contributed by atoms with Crippen LogP contribution in [-0.4, -0.2) is 77.1 Å². The van der Waals surface area contributed by atoms with Crippen molar-refractivity contribution in [2.75, 3.05) is 24.5 Å². The molecule has 0 radical (unpaired) electrons. The number of hydrogen-bond acceptors (Lipinski definition) is 12. The Kier molecular flexibility index (Phi) is 13.7. The first-order chi connectivity index (χ1) is 34.0. The van der Waals surface area contributed by atoms with Gasteiger partial charge in [-0.3, -0.25) is 9.59 Å². The van der Waals surface area contributed by atoms with Crippen molar-refractivity contribution < 1.29 is 48.7 Å². The second kappa shape index (κ2) is 17.8. The van der Waals surface area contributed by atoms with Gasteiger partial charge in [0.2, 0.25) is 11.6 Å². The predicted octanol–water partition coefficient (Wildman–Crippen LogP) is 11.9. The Labute approximate surface area is 449 Å². The van der Waals surface area contributed by atoms with Gasteiger partial charge in [0.25, 0.3) is 20.2 Å². The Morgan fingerprint density at radius 1 is 0.533 bits per heavy atom. The third kappa shape index (κ3) is 9.35. The number of aliphatic hydroxyl groups is 2. The molecule has 10 aliphatic rings. The van der Waals surface area contributed by atoms with Crippen LogP contribution in [0.1, 0.15) is 173 Å². The smallest absolute Gasteiger partial charge is 0.278 e. The van der Waals surface area contributed by atoms with Gasteiger partial charge in [0.15, 0.2) is 11.5 Å². The SMILES string of the molecule is CC1=C(O)C(=O)C=C2C1=CC=C1[C@@]2(C)CC[C@@]2(C)[C@@H]3C[C@](C)(CS(C)(=O)=O)CC[C@]3(C)CC[C@]12C.CC1=C(O)C(=O)C=C2C1=CC=C1[C@@]2(C)CC[C@@]2(C)[C@@H]3C[C@](C)(N)CC[C@]3(C)CC[C@]12C.CS(=O)(=O)OS(C)(=O)=O. The lowest BCUT2D eigenvalue weighted by atomic mass is 9.34. The zero-order valence-corrected chi connectivity index (χ0v) is 50.0. The zero-order valence-electron chi connectivity index (χ0n) is 47.6. The molecule has 0 aromatic rings. The summed E-state index contributed by atoms with van der Waals surface area (Å²) in [7, 11) is -10.8. The standard InChI is InChI=1S/C30H42O4S.C28H39NO2.C2H6O5S2/c1-19-20-8-9-23-28(4,21(20)16-22(31)25(19)32)13-15-30(6)24-17-26(2,18-35(7,33)34)10-11-27(24,3)12-14-29(23,30)5;1-17-18-7-8-21-26(4,19(18)15-20(30)23(17)31)12-14-28(6)22-16-25(3,29)11-9-24(22,2)10-13-27(21,28)5;1-8(3,4)7-9(2,5)6/h8-9,16,24,32H,10-15,17-18H2,1-7H3;7-8,15,22,31H,9-14,16,29H2,1-6H3;1-2H3/t24-,26-,27-,28+,29-,30+;22-,24-,25-,26+,27-,28+;/m11./s1. The Hall–Kier alpha value is -3.37. The number of hydrogen-bond donors (Lipinski definition) is 3.